The summed E-state index contributed by atoms with van der Waals surface area (Å²) in [5, 5.41) is 5.86. The third kappa shape index (κ3) is 1.47. The predicted molar refractivity (Wildman–Crippen MR) is 68.0 cm³/mol. The number of aromatic nitrogens is 1. The van der Waals surface area contributed by atoms with Crippen LogP contribution >= 0.6 is 11.3 Å². The number of rotatable bonds is 0. The molecule has 3 heteroatoms. The van der Waals surface area contributed by atoms with Crippen LogP contribution in [0.1, 0.15) is 0 Å². The largest absolute Gasteiger partial charge is 0.440 e. The van der Waals surface area contributed by atoms with Gasteiger partial charge < -0.3 is 4.40 Å². The molecule has 4 rings (SSSR count). The van der Waals surface area contributed by atoms with Gasteiger partial charge in [-0.1, -0.05) is 17.5 Å². The van der Waals surface area contributed by atoms with Gasteiger partial charge in [-0.15, -0.1) is 12.3 Å². The zero-order valence-electron chi connectivity index (χ0n) is 8.73. The van der Waals surface area contributed by atoms with Crippen LogP contribution in [0.5, 0.6) is 0 Å². The number of pyridine rings is 1. The standard InChI is InChI=1S/C14H7NS.Ir/c1-2-13-11-3-4-14-12(6-9-16-14)10(11)5-8-15(13)7-1;/h1,4-9H;/q-2;. The number of hydrogen-bond acceptors (Lipinski definition) is 1. The molecule has 0 aliphatic heterocycles. The molecule has 0 saturated heterocycles. The zero-order valence-corrected chi connectivity index (χ0v) is 11.9. The molecule has 0 spiro atoms. The summed E-state index contributed by atoms with van der Waals surface area (Å²) < 4.78 is 3.38. The van der Waals surface area contributed by atoms with Crippen LogP contribution in [-0.2, 0) is 20.1 Å². The van der Waals surface area contributed by atoms with Crippen molar-refractivity contribution in [1.82, 2.24) is 4.40 Å². The van der Waals surface area contributed by atoms with Gasteiger partial charge in [-0.25, -0.2) is 17.5 Å². The van der Waals surface area contributed by atoms with Gasteiger partial charge in [0, 0.05) is 20.1 Å². The zero-order chi connectivity index (χ0) is 10.5. The van der Waals surface area contributed by atoms with Gasteiger partial charge in [-0.2, -0.15) is 28.3 Å². The second kappa shape index (κ2) is 3.95. The third-order valence-electron chi connectivity index (χ3n) is 2.95. The minimum Gasteiger partial charge on any atom is -0.440 e. The first-order valence-corrected chi connectivity index (χ1v) is 6.00. The van der Waals surface area contributed by atoms with E-state index in [2.05, 4.69) is 46.3 Å². The minimum atomic E-state index is 0. The molecule has 85 valence electrons. The first kappa shape index (κ1) is 11.0. The van der Waals surface area contributed by atoms with Crippen LogP contribution in [0, 0.1) is 12.1 Å². The molecule has 3 heterocycles. The average molecular weight is 414 g/mol. The molecule has 1 nitrogen and oxygen atoms in total. The Labute approximate surface area is 116 Å². The van der Waals surface area contributed by atoms with Gasteiger partial charge in [0.1, 0.15) is 0 Å². The first-order valence-electron chi connectivity index (χ1n) is 5.12. The molecule has 0 N–H and O–H groups in total. The maximum Gasteiger partial charge on any atom is 0 e. The second-order valence-corrected chi connectivity index (χ2v) is 4.76. The van der Waals surface area contributed by atoms with Crippen molar-refractivity contribution in [3.05, 3.63) is 54.2 Å². The second-order valence-electron chi connectivity index (χ2n) is 3.81. The molecule has 0 aliphatic carbocycles. The molecule has 0 amide bonds. The van der Waals surface area contributed by atoms with Crippen molar-refractivity contribution in [2.45, 2.75) is 0 Å². The van der Waals surface area contributed by atoms with E-state index in [1.165, 1.54) is 15.5 Å². The molecule has 0 atom stereocenters. The molecular formula is C14H7IrNS-2. The van der Waals surface area contributed by atoms with Crippen LogP contribution in [0.2, 0.25) is 0 Å². The van der Waals surface area contributed by atoms with E-state index in [1.54, 1.807) is 11.3 Å². The summed E-state index contributed by atoms with van der Waals surface area (Å²) in [6, 6.07) is 15.0. The molecule has 0 fully saturated rings. The van der Waals surface area contributed by atoms with Gasteiger partial charge >= 0.3 is 0 Å². The van der Waals surface area contributed by atoms with Gasteiger partial charge in [0.2, 0.25) is 0 Å². The summed E-state index contributed by atoms with van der Waals surface area (Å²) in [6.45, 7) is 0. The number of thiophene rings is 1. The van der Waals surface area contributed by atoms with E-state index in [9.17, 15) is 0 Å². The molecular weight excluding hydrogens is 406 g/mol. The van der Waals surface area contributed by atoms with E-state index in [4.69, 9.17) is 0 Å². The van der Waals surface area contributed by atoms with Gasteiger partial charge in [-0.3, -0.25) is 0 Å². The van der Waals surface area contributed by atoms with E-state index >= 15 is 0 Å². The van der Waals surface area contributed by atoms with E-state index in [0.717, 1.165) is 10.9 Å². The van der Waals surface area contributed by atoms with Gasteiger partial charge in [0.05, 0.1) is 0 Å². The Morgan fingerprint density at radius 3 is 2.94 bits per heavy atom. The molecule has 1 radical (unpaired) electrons. The SMILES string of the molecule is [Ir].[c-]1cc2sccc2c2ccn3cc[c-]c3c12. The van der Waals surface area contributed by atoms with Crippen LogP contribution in [0.25, 0.3) is 26.4 Å². The van der Waals surface area contributed by atoms with Gasteiger partial charge in [-0.05, 0) is 16.3 Å². The normalized spacial score (nSPS) is 11.1. The molecule has 4 aromatic rings. The third-order valence-corrected chi connectivity index (χ3v) is 3.82. The molecule has 0 unspecified atom stereocenters. The van der Waals surface area contributed by atoms with Crippen molar-refractivity contribution in [1.29, 1.82) is 0 Å². The molecule has 3 aromatic heterocycles. The maximum atomic E-state index is 3.37. The number of nitrogens with zero attached hydrogens (tertiary/aromatic N) is 1. The van der Waals surface area contributed by atoms with E-state index in [-0.39, 0.29) is 20.1 Å². The monoisotopic (exact) mass is 414 g/mol. The number of benzene rings is 1. The topological polar surface area (TPSA) is 4.41 Å². The van der Waals surface area contributed by atoms with Crippen LogP contribution in [0.4, 0.5) is 0 Å². The fraction of sp³-hybridized carbons (Fsp3) is 0. The summed E-state index contributed by atoms with van der Waals surface area (Å²) in [6.07, 6.45) is 4.10. The maximum absolute atomic E-state index is 3.37. The van der Waals surface area contributed by atoms with Gasteiger partial charge in [0.25, 0.3) is 0 Å². The Balaban J connectivity index is 0.000000902. The fourth-order valence-corrected chi connectivity index (χ4v) is 2.98. The minimum absolute atomic E-state index is 0. The fourth-order valence-electron chi connectivity index (χ4n) is 2.20. The van der Waals surface area contributed by atoms with Crippen molar-refractivity contribution in [3.8, 4) is 0 Å². The van der Waals surface area contributed by atoms with Crippen molar-refractivity contribution >= 4 is 37.7 Å². The van der Waals surface area contributed by atoms with Crippen molar-refractivity contribution in [3.63, 3.8) is 0 Å². The van der Waals surface area contributed by atoms with Crippen LogP contribution < -0.4 is 0 Å². The first-order chi connectivity index (χ1) is 7.93. The van der Waals surface area contributed by atoms with Crippen molar-refractivity contribution in [2.24, 2.45) is 0 Å². The van der Waals surface area contributed by atoms with Crippen molar-refractivity contribution in [2.75, 3.05) is 0 Å². The Kier molecular flexibility index (Phi) is 2.55. The Morgan fingerprint density at radius 1 is 1.06 bits per heavy atom. The Morgan fingerprint density at radius 2 is 2.00 bits per heavy atom. The van der Waals surface area contributed by atoms with Crippen LogP contribution in [0.3, 0.4) is 0 Å². The number of fused-ring (bicyclic) bond motifs is 5. The average Bonchev–Trinajstić information content (AvgIpc) is 2.96. The summed E-state index contributed by atoms with van der Waals surface area (Å²) in [5.74, 6) is 0. The summed E-state index contributed by atoms with van der Waals surface area (Å²) in [5.41, 5.74) is 1.10. The predicted octanol–water partition coefficient (Wildman–Crippen LogP) is 3.91. The Bertz CT molecular complexity index is 743. The van der Waals surface area contributed by atoms with E-state index < -0.39 is 0 Å². The molecule has 0 saturated carbocycles. The summed E-state index contributed by atoms with van der Waals surface area (Å²) in [7, 11) is 0. The quantitative estimate of drug-likeness (QED) is 0.385. The van der Waals surface area contributed by atoms with E-state index in [0.29, 0.717) is 0 Å². The van der Waals surface area contributed by atoms with E-state index in [1.807, 2.05) is 12.3 Å². The molecule has 1 aromatic carbocycles. The molecule has 0 aliphatic rings. The summed E-state index contributed by atoms with van der Waals surface area (Å²) in [4.78, 5) is 0. The summed E-state index contributed by atoms with van der Waals surface area (Å²) >= 11 is 1.76. The van der Waals surface area contributed by atoms with Crippen molar-refractivity contribution < 1.29 is 20.1 Å². The molecule has 0 bridgehead atoms. The van der Waals surface area contributed by atoms with Crippen LogP contribution in [0.15, 0.2) is 42.0 Å². The Hall–Kier alpha value is -1.15. The number of hydrogen-bond donors (Lipinski definition) is 0. The van der Waals surface area contributed by atoms with Gasteiger partial charge in [0.15, 0.2) is 0 Å². The smallest absolute Gasteiger partial charge is 0 e. The molecule has 17 heavy (non-hydrogen) atoms. The van der Waals surface area contributed by atoms with Crippen LogP contribution in [-0.4, -0.2) is 4.40 Å².